The van der Waals surface area contributed by atoms with Crippen molar-refractivity contribution in [2.45, 2.75) is 19.3 Å². The third-order valence-corrected chi connectivity index (χ3v) is 5.06. The van der Waals surface area contributed by atoms with Gasteiger partial charge in [-0.3, -0.25) is 0 Å². The minimum absolute atomic E-state index is 0.0527. The zero-order valence-corrected chi connectivity index (χ0v) is 16.9. The molecule has 0 fully saturated rings. The standard InChI is InChI=1S/C26H25FO3/c1-30-26(29)22-12-9-21(10-13-22)17-20(8-7-19-5-3-2-4-6-19)11-14-23-18-24(27)15-16-25(23)28/h2-6,9-16,18,20,28H,7-8,17H2,1H3/b14-11+. The van der Waals surface area contributed by atoms with E-state index in [0.717, 1.165) is 24.8 Å². The summed E-state index contributed by atoms with van der Waals surface area (Å²) in [4.78, 5) is 11.6. The minimum atomic E-state index is -0.383. The van der Waals surface area contributed by atoms with Gasteiger partial charge < -0.3 is 9.84 Å². The third-order valence-electron chi connectivity index (χ3n) is 5.06. The summed E-state index contributed by atoms with van der Waals surface area (Å²) in [6.07, 6.45) is 6.37. The Labute approximate surface area is 176 Å². The lowest BCUT2D eigenvalue weighted by Gasteiger charge is -2.14. The molecule has 0 saturated carbocycles. The normalized spacial score (nSPS) is 12.1. The number of hydrogen-bond donors (Lipinski definition) is 1. The van der Waals surface area contributed by atoms with Crippen LogP contribution in [-0.2, 0) is 17.6 Å². The number of ether oxygens (including phenoxy) is 1. The second-order valence-electron chi connectivity index (χ2n) is 7.24. The molecule has 1 atom stereocenters. The first-order chi connectivity index (χ1) is 14.5. The fraction of sp³-hybridized carbons (Fsp3) is 0.192. The molecule has 0 amide bonds. The minimum Gasteiger partial charge on any atom is -0.507 e. The van der Waals surface area contributed by atoms with Gasteiger partial charge in [0.25, 0.3) is 0 Å². The second-order valence-corrected chi connectivity index (χ2v) is 7.24. The van der Waals surface area contributed by atoms with Crippen molar-refractivity contribution in [2.75, 3.05) is 7.11 Å². The van der Waals surface area contributed by atoms with E-state index >= 15 is 0 Å². The number of esters is 1. The van der Waals surface area contributed by atoms with E-state index in [0.29, 0.717) is 11.1 Å². The van der Waals surface area contributed by atoms with Crippen molar-refractivity contribution in [3.63, 3.8) is 0 Å². The molecule has 0 heterocycles. The monoisotopic (exact) mass is 404 g/mol. The second kappa shape index (κ2) is 10.4. The number of allylic oxidation sites excluding steroid dienone is 1. The number of halogens is 1. The number of aryl methyl sites for hydroxylation is 1. The van der Waals surface area contributed by atoms with Gasteiger partial charge in [-0.15, -0.1) is 0 Å². The molecule has 4 heteroatoms. The molecule has 3 aromatic rings. The first kappa shape index (κ1) is 21.3. The van der Waals surface area contributed by atoms with E-state index < -0.39 is 0 Å². The van der Waals surface area contributed by atoms with Crippen LogP contribution in [0.4, 0.5) is 4.39 Å². The molecule has 0 radical (unpaired) electrons. The van der Waals surface area contributed by atoms with E-state index in [1.807, 2.05) is 36.4 Å². The molecular weight excluding hydrogens is 379 g/mol. The summed E-state index contributed by atoms with van der Waals surface area (Å²) < 4.78 is 18.3. The fourth-order valence-corrected chi connectivity index (χ4v) is 3.36. The molecule has 1 N–H and O–H groups in total. The summed E-state index contributed by atoms with van der Waals surface area (Å²) in [5, 5.41) is 9.99. The lowest BCUT2D eigenvalue weighted by atomic mass is 9.91. The zero-order valence-electron chi connectivity index (χ0n) is 16.9. The molecule has 3 nitrogen and oxygen atoms in total. The maximum absolute atomic E-state index is 13.5. The summed E-state index contributed by atoms with van der Waals surface area (Å²) in [6, 6.07) is 21.5. The number of phenolic OH excluding ortho intramolecular Hbond substituents is 1. The first-order valence-corrected chi connectivity index (χ1v) is 9.93. The van der Waals surface area contributed by atoms with E-state index in [4.69, 9.17) is 4.74 Å². The fourth-order valence-electron chi connectivity index (χ4n) is 3.36. The molecule has 0 aliphatic rings. The number of phenols is 1. The molecule has 0 aliphatic carbocycles. The van der Waals surface area contributed by atoms with Gasteiger partial charge in [-0.1, -0.05) is 54.6 Å². The Morgan fingerprint density at radius 2 is 1.77 bits per heavy atom. The average molecular weight is 404 g/mol. The molecule has 0 aromatic heterocycles. The van der Waals surface area contributed by atoms with Gasteiger partial charge in [0.2, 0.25) is 0 Å². The molecule has 154 valence electrons. The Hall–Kier alpha value is -3.40. The lowest BCUT2D eigenvalue weighted by Crippen LogP contribution is -2.05. The quantitative estimate of drug-likeness (QED) is 0.481. The Balaban J connectivity index is 1.76. The number of hydrogen-bond acceptors (Lipinski definition) is 3. The summed E-state index contributed by atoms with van der Waals surface area (Å²) in [5.41, 5.74) is 3.32. The van der Waals surface area contributed by atoms with Gasteiger partial charge >= 0.3 is 5.97 Å². The summed E-state index contributed by atoms with van der Waals surface area (Å²) >= 11 is 0. The number of rotatable bonds is 8. The Morgan fingerprint density at radius 3 is 2.47 bits per heavy atom. The highest BCUT2D eigenvalue weighted by Gasteiger charge is 2.10. The van der Waals surface area contributed by atoms with Crippen LogP contribution >= 0.6 is 0 Å². The van der Waals surface area contributed by atoms with Crippen molar-refractivity contribution in [1.82, 2.24) is 0 Å². The highest BCUT2D eigenvalue weighted by Crippen LogP contribution is 2.23. The average Bonchev–Trinajstić information content (AvgIpc) is 2.78. The van der Waals surface area contributed by atoms with Gasteiger partial charge in [0, 0.05) is 5.56 Å². The zero-order chi connectivity index (χ0) is 21.3. The molecule has 0 aliphatic heterocycles. The van der Waals surface area contributed by atoms with Crippen LogP contribution in [0.3, 0.4) is 0 Å². The van der Waals surface area contributed by atoms with Gasteiger partial charge in [-0.05, 0) is 66.6 Å². The number of carbonyl (C=O) groups excluding carboxylic acids is 1. The van der Waals surface area contributed by atoms with Crippen molar-refractivity contribution in [1.29, 1.82) is 0 Å². The lowest BCUT2D eigenvalue weighted by molar-refractivity contribution is 0.0600. The van der Waals surface area contributed by atoms with E-state index in [1.165, 1.54) is 30.9 Å². The van der Waals surface area contributed by atoms with Gasteiger partial charge in [0.15, 0.2) is 0 Å². The molecule has 0 saturated heterocycles. The van der Waals surface area contributed by atoms with Crippen LogP contribution in [0.15, 0.2) is 78.9 Å². The van der Waals surface area contributed by atoms with Crippen LogP contribution < -0.4 is 0 Å². The van der Waals surface area contributed by atoms with Crippen LogP contribution in [-0.4, -0.2) is 18.2 Å². The number of benzene rings is 3. The number of methoxy groups -OCH3 is 1. The predicted octanol–water partition coefficient (Wildman–Crippen LogP) is 5.82. The maximum atomic E-state index is 13.5. The summed E-state index contributed by atoms with van der Waals surface area (Å²) in [7, 11) is 1.36. The van der Waals surface area contributed by atoms with E-state index in [1.54, 1.807) is 18.2 Å². The first-order valence-electron chi connectivity index (χ1n) is 9.93. The van der Waals surface area contributed by atoms with Crippen molar-refractivity contribution >= 4 is 12.0 Å². The van der Waals surface area contributed by atoms with Crippen molar-refractivity contribution in [3.8, 4) is 5.75 Å². The smallest absolute Gasteiger partial charge is 0.337 e. The SMILES string of the molecule is COC(=O)c1ccc(CC(/C=C/c2cc(F)ccc2O)CCc2ccccc2)cc1. The van der Waals surface area contributed by atoms with Crippen molar-refractivity contribution < 1.29 is 19.0 Å². The van der Waals surface area contributed by atoms with E-state index in [2.05, 4.69) is 12.1 Å². The molecule has 30 heavy (non-hydrogen) atoms. The topological polar surface area (TPSA) is 46.5 Å². The molecule has 3 rings (SSSR count). The van der Waals surface area contributed by atoms with Crippen LogP contribution in [0.25, 0.3) is 6.08 Å². The molecule has 3 aromatic carbocycles. The molecule has 1 unspecified atom stereocenters. The van der Waals surface area contributed by atoms with Crippen LogP contribution in [0, 0.1) is 11.7 Å². The Kier molecular flexibility index (Phi) is 7.39. The summed E-state index contributed by atoms with van der Waals surface area (Å²) in [5.74, 6) is -0.510. The van der Waals surface area contributed by atoms with Crippen molar-refractivity contribution in [3.05, 3.63) is 107 Å². The Bertz CT molecular complexity index is 995. The molecular formula is C26H25FO3. The maximum Gasteiger partial charge on any atom is 0.337 e. The third kappa shape index (κ3) is 6.05. The summed E-state index contributed by atoms with van der Waals surface area (Å²) in [6.45, 7) is 0. The largest absolute Gasteiger partial charge is 0.507 e. The van der Waals surface area contributed by atoms with Gasteiger partial charge in [-0.2, -0.15) is 0 Å². The molecule has 0 bridgehead atoms. The van der Waals surface area contributed by atoms with Crippen LogP contribution in [0.2, 0.25) is 0 Å². The van der Waals surface area contributed by atoms with Gasteiger partial charge in [0.1, 0.15) is 11.6 Å². The van der Waals surface area contributed by atoms with E-state index in [9.17, 15) is 14.3 Å². The molecule has 0 spiro atoms. The predicted molar refractivity (Wildman–Crippen MR) is 117 cm³/mol. The Morgan fingerprint density at radius 1 is 1.03 bits per heavy atom. The van der Waals surface area contributed by atoms with Gasteiger partial charge in [0.05, 0.1) is 12.7 Å². The van der Waals surface area contributed by atoms with E-state index in [-0.39, 0.29) is 23.5 Å². The van der Waals surface area contributed by atoms with Crippen molar-refractivity contribution in [2.24, 2.45) is 5.92 Å². The van der Waals surface area contributed by atoms with Gasteiger partial charge in [-0.25, -0.2) is 9.18 Å². The number of carbonyl (C=O) groups is 1. The van der Waals surface area contributed by atoms with Crippen LogP contribution in [0.1, 0.15) is 33.5 Å². The highest BCUT2D eigenvalue weighted by molar-refractivity contribution is 5.89. The number of aromatic hydroxyl groups is 1. The highest BCUT2D eigenvalue weighted by atomic mass is 19.1. The van der Waals surface area contributed by atoms with Crippen LogP contribution in [0.5, 0.6) is 5.75 Å².